The fraction of sp³-hybridized carbons (Fsp3) is 0.426. The molecule has 5 heteroatoms. The first-order valence-electron chi connectivity index (χ1n) is 44.7. The van der Waals surface area contributed by atoms with Crippen LogP contribution in [0.2, 0.25) is 0 Å². The van der Waals surface area contributed by atoms with E-state index in [-0.39, 0.29) is 23.7 Å². The Hall–Kier alpha value is -8.82. The third kappa shape index (κ3) is 15.4. The lowest BCUT2D eigenvalue weighted by Gasteiger charge is -2.49. The normalized spacial score (nSPS) is 16.8. The van der Waals surface area contributed by atoms with Gasteiger partial charge in [0.2, 0.25) is 0 Å². The summed E-state index contributed by atoms with van der Waals surface area (Å²) in [6.45, 7) is 21.0. The Morgan fingerprint density at radius 2 is 0.566 bits per heavy atom. The van der Waals surface area contributed by atoms with Crippen LogP contribution >= 0.6 is 11.3 Å². The first-order chi connectivity index (χ1) is 55.7. The van der Waals surface area contributed by atoms with E-state index in [9.17, 15) is 0 Å². The summed E-state index contributed by atoms with van der Waals surface area (Å²) in [5, 5.41) is 4.87. The Morgan fingerprint density at radius 3 is 0.938 bits per heavy atom. The molecule has 10 aromatic carbocycles. The molecule has 0 aliphatic heterocycles. The van der Waals surface area contributed by atoms with Crippen molar-refractivity contribution >= 4 is 32.9 Å². The fourth-order valence-corrected chi connectivity index (χ4v) is 22.0. The quantitative estimate of drug-likeness (QED) is 0.0223. The largest absolute Gasteiger partial charge is 0.493 e. The van der Waals surface area contributed by atoms with Crippen LogP contribution in [0.5, 0.6) is 23.0 Å². The third-order valence-corrected chi connectivity index (χ3v) is 27.5. The number of thiophene rings is 1. The van der Waals surface area contributed by atoms with Crippen LogP contribution in [-0.2, 0) is 0 Å². The van der Waals surface area contributed by atoms with Crippen molar-refractivity contribution < 1.29 is 18.9 Å². The Kier molecular flexibility index (Phi) is 25.1. The molecule has 113 heavy (non-hydrogen) atoms. The summed E-state index contributed by atoms with van der Waals surface area (Å²) in [6, 6.07) is 64.4. The van der Waals surface area contributed by atoms with Gasteiger partial charge in [-0.2, -0.15) is 0 Å². The van der Waals surface area contributed by atoms with E-state index in [1.807, 2.05) is 11.3 Å². The van der Waals surface area contributed by atoms with Gasteiger partial charge in [0.25, 0.3) is 0 Å². The maximum Gasteiger partial charge on any atom is 0.135 e. The van der Waals surface area contributed by atoms with Gasteiger partial charge in [0.05, 0.1) is 32.0 Å². The minimum absolute atomic E-state index is 0.0287. The van der Waals surface area contributed by atoms with E-state index in [0.29, 0.717) is 38.3 Å². The van der Waals surface area contributed by atoms with Crippen molar-refractivity contribution in [2.75, 3.05) is 26.4 Å². The Balaban J connectivity index is 0.000000390. The average molecular weight is 1520 g/mol. The van der Waals surface area contributed by atoms with E-state index in [2.05, 4.69) is 237 Å². The molecule has 9 aliphatic carbocycles. The van der Waals surface area contributed by atoms with Crippen LogP contribution in [0.3, 0.4) is 0 Å². The highest BCUT2D eigenvalue weighted by Gasteiger charge is 2.53. The van der Waals surface area contributed by atoms with Gasteiger partial charge in [0.15, 0.2) is 0 Å². The first-order valence-corrected chi connectivity index (χ1v) is 45.5. The number of benzene rings is 10. The second-order valence-corrected chi connectivity index (χ2v) is 35.3. The van der Waals surface area contributed by atoms with E-state index in [1.54, 1.807) is 11.1 Å². The third-order valence-electron chi connectivity index (χ3n) is 26.5. The van der Waals surface area contributed by atoms with Gasteiger partial charge in [-0.1, -0.05) is 339 Å². The number of unbranched alkanes of at least 4 members (excludes halogenated alkanes) is 24. The van der Waals surface area contributed by atoms with Crippen LogP contribution in [-0.4, -0.2) is 26.4 Å². The summed E-state index contributed by atoms with van der Waals surface area (Å²) in [6.07, 6.45) is 35.8. The van der Waals surface area contributed by atoms with Crippen molar-refractivity contribution in [2.24, 2.45) is 0 Å². The Labute approximate surface area is 681 Å². The first kappa shape index (κ1) is 78.1. The lowest BCUT2D eigenvalue weighted by atomic mass is 9.55. The minimum atomic E-state index is -0.0817. The highest BCUT2D eigenvalue weighted by atomic mass is 32.1. The highest BCUT2D eigenvalue weighted by Crippen LogP contribution is 2.69. The zero-order valence-corrected chi connectivity index (χ0v) is 70.1. The molecule has 0 spiro atoms. The number of hydrogen-bond acceptors (Lipinski definition) is 5. The molecule has 2 unspecified atom stereocenters. The van der Waals surface area contributed by atoms with Crippen LogP contribution in [0.25, 0.3) is 21.5 Å². The number of aryl methyl sites for hydroxylation is 4. The van der Waals surface area contributed by atoms with Crippen LogP contribution in [0.15, 0.2) is 170 Å². The van der Waals surface area contributed by atoms with Gasteiger partial charge in [-0.3, -0.25) is 0 Å². The topological polar surface area (TPSA) is 36.9 Å². The van der Waals surface area contributed by atoms with Gasteiger partial charge in [-0.25, -0.2) is 0 Å². The van der Waals surface area contributed by atoms with E-state index >= 15 is 0 Å². The Morgan fingerprint density at radius 1 is 0.265 bits per heavy atom. The maximum absolute atomic E-state index is 7.54. The SMILES string of the molecule is CCCCCCCCCCCCCCOc1cc(C#Cc2c3ccccc3c(C)c3cc4c(cc23)C2c3ccccc3C4c3c(OCCCC)c4c(c(OCCCC)c32)C2c3ccccc3C4c3ccccc32)c(OCCCCCCCCCCCCCC)cc1C.Cc1sc(C)c2c1C1c3ccccc3C2c2ccccc21. The minimum Gasteiger partial charge on any atom is -0.493 e. The van der Waals surface area contributed by atoms with Crippen molar-refractivity contribution in [1.29, 1.82) is 0 Å². The van der Waals surface area contributed by atoms with Crippen LogP contribution in [0.4, 0.5) is 0 Å². The molecule has 0 radical (unpaired) electrons. The molecule has 2 atom stereocenters. The van der Waals surface area contributed by atoms with Crippen LogP contribution in [0.1, 0.15) is 375 Å². The van der Waals surface area contributed by atoms with E-state index in [0.717, 1.165) is 78.2 Å². The predicted octanol–water partition coefficient (Wildman–Crippen LogP) is 29.9. The predicted molar refractivity (Wildman–Crippen MR) is 475 cm³/mol. The van der Waals surface area contributed by atoms with Gasteiger partial charge in [-0.05, 0) is 188 Å². The smallest absolute Gasteiger partial charge is 0.135 e. The molecule has 0 amide bonds. The average Bonchev–Trinajstić information content (AvgIpc) is 0.720. The van der Waals surface area contributed by atoms with E-state index in [4.69, 9.17) is 18.9 Å². The molecule has 0 N–H and O–H groups in total. The zero-order valence-electron chi connectivity index (χ0n) is 69.3. The van der Waals surface area contributed by atoms with Crippen molar-refractivity contribution in [1.82, 2.24) is 0 Å². The van der Waals surface area contributed by atoms with Crippen LogP contribution < -0.4 is 18.9 Å². The van der Waals surface area contributed by atoms with Crippen molar-refractivity contribution in [3.63, 3.8) is 0 Å². The summed E-state index contributed by atoms with van der Waals surface area (Å²) < 4.78 is 28.6. The molecule has 20 rings (SSSR count). The molecule has 11 aromatic rings. The molecule has 4 nitrogen and oxygen atoms in total. The summed E-state index contributed by atoms with van der Waals surface area (Å²) in [4.78, 5) is 3.00. The lowest BCUT2D eigenvalue weighted by Crippen LogP contribution is -2.34. The second-order valence-electron chi connectivity index (χ2n) is 33.9. The molecule has 584 valence electrons. The van der Waals surface area contributed by atoms with Gasteiger partial charge < -0.3 is 18.9 Å². The summed E-state index contributed by atoms with van der Waals surface area (Å²) >= 11 is 1.97. The fourth-order valence-electron chi connectivity index (χ4n) is 20.9. The molecular weight excluding hydrogens is 1390 g/mol. The van der Waals surface area contributed by atoms with Crippen LogP contribution in [0, 0.1) is 39.5 Å². The molecule has 6 bridgehead atoms. The molecule has 9 aliphatic rings. The number of rotatable bonds is 36. The van der Waals surface area contributed by atoms with Gasteiger partial charge in [0, 0.05) is 73.1 Å². The number of fused-ring (bicyclic) bond motifs is 2. The van der Waals surface area contributed by atoms with Gasteiger partial charge >= 0.3 is 0 Å². The van der Waals surface area contributed by atoms with E-state index < -0.39 is 0 Å². The van der Waals surface area contributed by atoms with Gasteiger partial charge in [-0.15, -0.1) is 11.3 Å². The number of hydrogen-bond donors (Lipinski definition) is 0. The standard InChI is InChI=1S/C88H106O4.C20H16S/c1-7-11-15-17-19-21-23-25-27-29-31-41-55-89-77-58-63(78(57-61(77)5)90-56-42-32-30-28-26-24-22-20-18-16-12-8-2)51-52-66-65-44-34-33-43-64(65)62(6)73-59-75-76(60-74(66)73)82-72-50-40-39-49-71(72)81(75)85-86(82)88(92-54-14-10-4)84-80-69-47-37-35-45-67(69)79(68-46-36-38-48-70(68)80)83(84)87(85)91-53-13-9-3;1-11-17-18(12(2)21-11)20-15-9-5-3-7-13(15)19(17)14-8-4-6-10-16(14)20/h33-40,43-50,57-60,79-82H,7-32,41-42,53-56H2,1-6H3;3-10,19-20H,1-2H3. The van der Waals surface area contributed by atoms with E-state index in [1.165, 1.54) is 267 Å². The summed E-state index contributed by atoms with van der Waals surface area (Å²) in [5.41, 5.74) is 29.9. The zero-order chi connectivity index (χ0) is 77.3. The van der Waals surface area contributed by atoms with Crippen molar-refractivity contribution in [3.05, 3.63) is 302 Å². The van der Waals surface area contributed by atoms with Gasteiger partial charge in [0.1, 0.15) is 23.0 Å². The highest BCUT2D eigenvalue weighted by molar-refractivity contribution is 7.12. The molecule has 0 fully saturated rings. The monoisotopic (exact) mass is 1510 g/mol. The molecule has 0 saturated heterocycles. The summed E-state index contributed by atoms with van der Waals surface area (Å²) in [7, 11) is 0. The molecule has 0 saturated carbocycles. The summed E-state index contributed by atoms with van der Waals surface area (Å²) in [5.74, 6) is 12.5. The molecule has 1 aromatic heterocycles. The molecular formula is C108H122O4S. The lowest BCUT2D eigenvalue weighted by molar-refractivity contribution is 0.285. The maximum atomic E-state index is 7.54. The Bertz CT molecular complexity index is 5100. The number of ether oxygens (including phenoxy) is 4. The second kappa shape index (κ2) is 36.3. The molecule has 1 heterocycles. The van der Waals surface area contributed by atoms with Crippen molar-refractivity contribution in [2.45, 2.75) is 271 Å². The van der Waals surface area contributed by atoms with Crippen molar-refractivity contribution in [3.8, 4) is 34.8 Å².